The van der Waals surface area contributed by atoms with E-state index in [-0.39, 0.29) is 26.7 Å². The minimum Gasteiger partial charge on any atom is -0.433 e. The van der Waals surface area contributed by atoms with Crippen molar-refractivity contribution in [1.82, 2.24) is 0 Å². The number of amides is 1. The minimum absolute atomic E-state index is 0.0673. The Morgan fingerprint density at radius 3 is 2.46 bits per heavy atom. The van der Waals surface area contributed by atoms with Crippen molar-refractivity contribution in [3.63, 3.8) is 0 Å². The number of hydrogen-bond donors (Lipinski definition) is 2. The van der Waals surface area contributed by atoms with Gasteiger partial charge in [-0.3, -0.25) is 9.52 Å². The van der Waals surface area contributed by atoms with Crippen LogP contribution in [0.3, 0.4) is 0 Å². The fraction of sp³-hybridized carbons (Fsp3) is 0.133. The molecule has 2 rings (SSSR count). The Hall–Kier alpha value is -2.46. The monoisotopic (exact) mass is 408 g/mol. The van der Waals surface area contributed by atoms with Gasteiger partial charge in [0.1, 0.15) is 11.6 Å². The Bertz CT molecular complexity index is 968. The lowest BCUT2D eigenvalue weighted by atomic mass is 10.1. The molecule has 6 nitrogen and oxygen atoms in total. The molecule has 140 valence electrons. The lowest BCUT2D eigenvalue weighted by Gasteiger charge is -2.13. The van der Waals surface area contributed by atoms with Crippen LogP contribution in [0.1, 0.15) is 15.9 Å². The van der Waals surface area contributed by atoms with Gasteiger partial charge in [0.25, 0.3) is 10.0 Å². The molecule has 0 fully saturated rings. The molecule has 0 heterocycles. The highest BCUT2D eigenvalue weighted by atomic mass is 35.5. The van der Waals surface area contributed by atoms with Crippen LogP contribution in [0.15, 0.2) is 35.2 Å². The van der Waals surface area contributed by atoms with Gasteiger partial charge in [-0.05, 0) is 37.3 Å². The Balaban J connectivity index is 2.41. The minimum atomic E-state index is -4.26. The molecule has 26 heavy (non-hydrogen) atoms. The number of nitrogens with one attached hydrogen (secondary N) is 1. The molecule has 0 aliphatic rings. The van der Waals surface area contributed by atoms with Crippen LogP contribution in [0.4, 0.5) is 18.9 Å². The zero-order chi connectivity index (χ0) is 19.6. The van der Waals surface area contributed by atoms with Crippen LogP contribution in [0.25, 0.3) is 0 Å². The Labute approximate surface area is 151 Å². The number of carbonyl (C=O) groups is 1. The molecule has 0 spiro atoms. The van der Waals surface area contributed by atoms with Gasteiger partial charge in [-0.15, -0.1) is 0 Å². The third-order valence-corrected chi connectivity index (χ3v) is 4.96. The summed E-state index contributed by atoms with van der Waals surface area (Å²) in [6.07, 6.45) is 0. The average molecular weight is 409 g/mol. The van der Waals surface area contributed by atoms with Crippen molar-refractivity contribution >= 4 is 33.2 Å². The van der Waals surface area contributed by atoms with E-state index in [9.17, 15) is 26.4 Å². The van der Waals surface area contributed by atoms with Crippen molar-refractivity contribution in [2.45, 2.75) is 18.4 Å². The number of sulfonamides is 1. The first kappa shape index (κ1) is 19.9. The number of primary amides is 1. The second-order valence-electron chi connectivity index (χ2n) is 5.07. The van der Waals surface area contributed by atoms with E-state index in [1.807, 2.05) is 0 Å². The molecule has 1 amide bonds. The molecule has 0 atom stereocenters. The maximum Gasteiger partial charge on any atom is 0.387 e. The normalized spacial score (nSPS) is 11.5. The van der Waals surface area contributed by atoms with Gasteiger partial charge in [-0.2, -0.15) is 8.78 Å². The topological polar surface area (TPSA) is 98.5 Å². The Morgan fingerprint density at radius 1 is 1.27 bits per heavy atom. The number of hydrogen-bond acceptors (Lipinski definition) is 4. The van der Waals surface area contributed by atoms with Crippen molar-refractivity contribution in [3.05, 3.63) is 52.3 Å². The highest BCUT2D eigenvalue weighted by Gasteiger charge is 2.20. The molecule has 2 aromatic rings. The van der Waals surface area contributed by atoms with Gasteiger partial charge in [0.05, 0.1) is 15.6 Å². The summed E-state index contributed by atoms with van der Waals surface area (Å²) in [6, 6.07) is 4.79. The van der Waals surface area contributed by atoms with Crippen molar-refractivity contribution < 1.29 is 31.1 Å². The largest absolute Gasteiger partial charge is 0.433 e. The number of carbonyl (C=O) groups excluding carboxylic acids is 1. The van der Waals surface area contributed by atoms with Gasteiger partial charge in [-0.25, -0.2) is 12.8 Å². The SMILES string of the molecule is Cc1c(F)cc(C(N)=O)cc1NS(=O)(=O)c1ccc(OC(F)F)c(Cl)c1. The summed E-state index contributed by atoms with van der Waals surface area (Å²) in [5.74, 6) is -2.18. The molecule has 0 aliphatic heterocycles. The first-order chi connectivity index (χ1) is 12.0. The molecular weight excluding hydrogens is 397 g/mol. The average Bonchev–Trinajstić information content (AvgIpc) is 2.52. The second kappa shape index (κ2) is 7.42. The number of anilines is 1. The summed E-state index contributed by atoms with van der Waals surface area (Å²) < 4.78 is 69.4. The van der Waals surface area contributed by atoms with Gasteiger partial charge in [-0.1, -0.05) is 11.6 Å². The predicted molar refractivity (Wildman–Crippen MR) is 88.5 cm³/mol. The maximum absolute atomic E-state index is 13.9. The first-order valence-corrected chi connectivity index (χ1v) is 8.74. The zero-order valence-corrected chi connectivity index (χ0v) is 14.7. The summed E-state index contributed by atoms with van der Waals surface area (Å²) in [5, 5.41) is -0.359. The number of rotatable bonds is 6. The number of nitrogens with two attached hydrogens (primary N) is 1. The second-order valence-corrected chi connectivity index (χ2v) is 7.16. The third kappa shape index (κ3) is 4.38. The van der Waals surface area contributed by atoms with E-state index in [1.54, 1.807) is 0 Å². The Morgan fingerprint density at radius 2 is 1.92 bits per heavy atom. The summed E-state index contributed by atoms with van der Waals surface area (Å²) in [7, 11) is -4.26. The molecule has 0 radical (unpaired) electrons. The molecule has 0 aromatic heterocycles. The third-order valence-electron chi connectivity index (χ3n) is 3.30. The quantitative estimate of drug-likeness (QED) is 0.766. The first-order valence-electron chi connectivity index (χ1n) is 6.88. The van der Waals surface area contributed by atoms with Gasteiger partial charge in [0.15, 0.2) is 0 Å². The molecule has 2 aromatic carbocycles. The Kier molecular flexibility index (Phi) is 5.67. The maximum atomic E-state index is 13.9. The van der Waals surface area contributed by atoms with E-state index in [0.29, 0.717) is 0 Å². The predicted octanol–water partition coefficient (Wildman–Crippen LogP) is 3.29. The molecule has 0 saturated carbocycles. The lowest BCUT2D eigenvalue weighted by Crippen LogP contribution is -2.17. The molecule has 0 unspecified atom stereocenters. The molecule has 0 bridgehead atoms. The van der Waals surface area contributed by atoms with Gasteiger partial charge >= 0.3 is 6.61 Å². The van der Waals surface area contributed by atoms with E-state index in [0.717, 1.165) is 30.3 Å². The van der Waals surface area contributed by atoms with E-state index < -0.39 is 34.1 Å². The summed E-state index contributed by atoms with van der Waals surface area (Å²) in [6.45, 7) is -1.83. The van der Waals surface area contributed by atoms with Crippen molar-refractivity contribution in [1.29, 1.82) is 0 Å². The highest BCUT2D eigenvalue weighted by molar-refractivity contribution is 7.92. The number of ether oxygens (including phenoxy) is 1. The van der Waals surface area contributed by atoms with E-state index >= 15 is 0 Å². The molecule has 11 heteroatoms. The van der Waals surface area contributed by atoms with Gasteiger partial charge < -0.3 is 10.5 Å². The van der Waals surface area contributed by atoms with Gasteiger partial charge in [0, 0.05) is 11.1 Å². The highest BCUT2D eigenvalue weighted by Crippen LogP contribution is 2.30. The number of halogens is 4. The number of benzene rings is 2. The van der Waals surface area contributed by atoms with Crippen molar-refractivity contribution in [2.24, 2.45) is 5.73 Å². The van der Waals surface area contributed by atoms with E-state index in [4.69, 9.17) is 17.3 Å². The zero-order valence-electron chi connectivity index (χ0n) is 13.1. The van der Waals surface area contributed by atoms with E-state index in [2.05, 4.69) is 9.46 Å². The smallest absolute Gasteiger partial charge is 0.387 e. The fourth-order valence-electron chi connectivity index (χ4n) is 1.97. The summed E-state index contributed by atoms with van der Waals surface area (Å²) in [4.78, 5) is 10.8. The van der Waals surface area contributed by atoms with Crippen LogP contribution in [0, 0.1) is 12.7 Å². The van der Waals surface area contributed by atoms with Gasteiger partial charge in [0.2, 0.25) is 5.91 Å². The van der Waals surface area contributed by atoms with Crippen LogP contribution in [0.5, 0.6) is 5.75 Å². The molecule has 0 aliphatic carbocycles. The summed E-state index contributed by atoms with van der Waals surface area (Å²) >= 11 is 5.73. The van der Waals surface area contributed by atoms with Crippen molar-refractivity contribution in [3.8, 4) is 5.75 Å². The van der Waals surface area contributed by atoms with Crippen LogP contribution in [-0.4, -0.2) is 20.9 Å². The summed E-state index contributed by atoms with van der Waals surface area (Å²) in [5.41, 5.74) is 4.57. The van der Waals surface area contributed by atoms with Crippen LogP contribution in [-0.2, 0) is 10.0 Å². The standard InChI is InChI=1S/C15H12ClF3N2O4S/c1-7-11(17)4-8(14(20)22)5-12(7)21-26(23,24)9-2-3-13(10(16)6-9)25-15(18)19/h2-6,15,21H,1H3,(H2,20,22). The molecule has 0 saturated heterocycles. The molecule has 3 N–H and O–H groups in total. The van der Waals surface area contributed by atoms with E-state index in [1.165, 1.54) is 6.92 Å². The molecular formula is C15H12ClF3N2O4S. The van der Waals surface area contributed by atoms with Crippen LogP contribution in [0.2, 0.25) is 5.02 Å². The van der Waals surface area contributed by atoms with Crippen molar-refractivity contribution in [2.75, 3.05) is 4.72 Å². The fourth-order valence-corrected chi connectivity index (χ4v) is 3.40. The lowest BCUT2D eigenvalue weighted by molar-refractivity contribution is -0.0498. The van der Waals surface area contributed by atoms with Crippen LogP contribution >= 0.6 is 11.6 Å². The van der Waals surface area contributed by atoms with Crippen LogP contribution < -0.4 is 15.2 Å². The number of alkyl halides is 2.